The summed E-state index contributed by atoms with van der Waals surface area (Å²) in [7, 11) is 1.63. The van der Waals surface area contributed by atoms with E-state index < -0.39 is 5.54 Å². The van der Waals surface area contributed by atoms with E-state index in [1.807, 2.05) is 53.9 Å². The van der Waals surface area contributed by atoms with Crippen LogP contribution in [-0.2, 0) is 23.3 Å². The molecule has 1 aliphatic heterocycles. The molecule has 0 unspecified atom stereocenters. The van der Waals surface area contributed by atoms with E-state index >= 15 is 0 Å². The summed E-state index contributed by atoms with van der Waals surface area (Å²) < 4.78 is 5.20. The third-order valence-corrected chi connectivity index (χ3v) is 6.80. The normalized spacial score (nSPS) is 20.4. The van der Waals surface area contributed by atoms with E-state index in [4.69, 9.17) is 4.74 Å². The highest BCUT2D eigenvalue weighted by molar-refractivity contribution is 7.13. The Balaban J connectivity index is 1.40. The van der Waals surface area contributed by atoms with Crippen molar-refractivity contribution >= 4 is 23.3 Å². The molecule has 7 heteroatoms. The fraction of sp³-hybridized carbons (Fsp3) is 0.261. The number of methoxy groups -OCH3 is 1. The van der Waals surface area contributed by atoms with Gasteiger partial charge in [-0.1, -0.05) is 24.3 Å². The molecule has 1 fully saturated rings. The molecule has 6 nitrogen and oxygen atoms in total. The minimum absolute atomic E-state index is 0.168. The number of imide groups is 1. The molecule has 2 aromatic carbocycles. The summed E-state index contributed by atoms with van der Waals surface area (Å²) in [5.41, 5.74) is 2.79. The summed E-state index contributed by atoms with van der Waals surface area (Å²) in [6.45, 7) is 0.168. The van der Waals surface area contributed by atoms with Crippen LogP contribution in [0.5, 0.6) is 5.75 Å². The molecule has 1 aliphatic carbocycles. The number of aromatic nitrogens is 1. The molecule has 0 saturated carbocycles. The molecule has 3 aromatic rings. The molecule has 2 aliphatic rings. The Labute approximate surface area is 178 Å². The molecule has 1 aromatic heterocycles. The molecule has 1 atom stereocenters. The molecule has 0 bridgehead atoms. The van der Waals surface area contributed by atoms with Crippen LogP contribution in [0.25, 0.3) is 10.6 Å². The van der Waals surface area contributed by atoms with Crippen molar-refractivity contribution in [2.24, 2.45) is 0 Å². The van der Waals surface area contributed by atoms with Crippen LogP contribution < -0.4 is 10.1 Å². The number of aryl methyl sites for hydroxylation is 1. The van der Waals surface area contributed by atoms with E-state index in [1.54, 1.807) is 7.11 Å². The number of hydrogen-bond acceptors (Lipinski definition) is 5. The maximum atomic E-state index is 13.4. The zero-order valence-corrected chi connectivity index (χ0v) is 17.4. The number of nitrogens with one attached hydrogen (secondary N) is 1. The van der Waals surface area contributed by atoms with Crippen molar-refractivity contribution in [3.05, 3.63) is 70.7 Å². The highest BCUT2D eigenvalue weighted by atomic mass is 32.1. The van der Waals surface area contributed by atoms with Gasteiger partial charge in [0, 0.05) is 10.9 Å². The van der Waals surface area contributed by atoms with Crippen LogP contribution >= 0.6 is 11.3 Å². The van der Waals surface area contributed by atoms with Gasteiger partial charge in [-0.3, -0.25) is 9.69 Å². The third-order valence-electron chi connectivity index (χ3n) is 5.86. The van der Waals surface area contributed by atoms with Crippen LogP contribution in [0.15, 0.2) is 53.9 Å². The summed E-state index contributed by atoms with van der Waals surface area (Å²) in [6, 6.07) is 15.2. The number of thiazole rings is 1. The monoisotopic (exact) mass is 419 g/mol. The van der Waals surface area contributed by atoms with Gasteiger partial charge >= 0.3 is 6.03 Å². The van der Waals surface area contributed by atoms with Gasteiger partial charge in [-0.2, -0.15) is 0 Å². The Hall–Kier alpha value is -3.19. The van der Waals surface area contributed by atoms with Gasteiger partial charge < -0.3 is 10.1 Å². The summed E-state index contributed by atoms with van der Waals surface area (Å²) in [5.74, 6) is 0.603. The Kier molecular flexibility index (Phi) is 4.55. The zero-order chi connectivity index (χ0) is 20.7. The average molecular weight is 420 g/mol. The van der Waals surface area contributed by atoms with Gasteiger partial charge in [0.1, 0.15) is 16.3 Å². The second-order valence-electron chi connectivity index (χ2n) is 7.61. The number of amides is 3. The average Bonchev–Trinajstić information content (AvgIpc) is 3.34. The van der Waals surface area contributed by atoms with Crippen LogP contribution in [0.1, 0.15) is 29.7 Å². The summed E-state index contributed by atoms with van der Waals surface area (Å²) in [5, 5.41) is 5.74. The fourth-order valence-electron chi connectivity index (χ4n) is 4.36. The van der Waals surface area contributed by atoms with E-state index in [0.717, 1.165) is 40.3 Å². The molecule has 1 saturated heterocycles. The van der Waals surface area contributed by atoms with Crippen molar-refractivity contribution < 1.29 is 14.3 Å². The first-order valence-electron chi connectivity index (χ1n) is 9.92. The number of carbonyl (C=O) groups is 2. The second-order valence-corrected chi connectivity index (χ2v) is 8.47. The summed E-state index contributed by atoms with van der Waals surface area (Å²) in [6.07, 6.45) is 2.42. The van der Waals surface area contributed by atoms with Gasteiger partial charge in [0.2, 0.25) is 0 Å². The lowest BCUT2D eigenvalue weighted by atomic mass is 9.76. The maximum Gasteiger partial charge on any atom is 0.325 e. The quantitative estimate of drug-likeness (QED) is 0.646. The maximum absolute atomic E-state index is 13.4. The molecule has 1 N–H and O–H groups in total. The highest BCUT2D eigenvalue weighted by Gasteiger charge is 2.53. The van der Waals surface area contributed by atoms with Gasteiger partial charge in [-0.25, -0.2) is 9.78 Å². The molecule has 1 spiro atoms. The van der Waals surface area contributed by atoms with Gasteiger partial charge in [-0.05, 0) is 54.7 Å². The number of benzene rings is 2. The molecule has 3 amide bonds. The Morgan fingerprint density at radius 1 is 1.17 bits per heavy atom. The Morgan fingerprint density at radius 2 is 1.97 bits per heavy atom. The van der Waals surface area contributed by atoms with Gasteiger partial charge in [0.15, 0.2) is 0 Å². The molecule has 2 heterocycles. The predicted octanol–water partition coefficient (Wildman–Crippen LogP) is 4.10. The largest absolute Gasteiger partial charge is 0.497 e. The van der Waals surface area contributed by atoms with Crippen molar-refractivity contribution in [2.45, 2.75) is 31.3 Å². The van der Waals surface area contributed by atoms with Crippen LogP contribution in [0.4, 0.5) is 4.79 Å². The first-order chi connectivity index (χ1) is 14.6. The summed E-state index contributed by atoms with van der Waals surface area (Å²) in [4.78, 5) is 32.1. The summed E-state index contributed by atoms with van der Waals surface area (Å²) >= 11 is 1.50. The smallest absolute Gasteiger partial charge is 0.325 e. The molecular formula is C23H21N3O3S. The molecule has 30 heavy (non-hydrogen) atoms. The molecular weight excluding hydrogens is 398 g/mol. The molecule has 152 valence electrons. The van der Waals surface area contributed by atoms with Crippen LogP contribution in [0.3, 0.4) is 0 Å². The van der Waals surface area contributed by atoms with E-state index in [9.17, 15) is 9.59 Å². The minimum Gasteiger partial charge on any atom is -0.497 e. The fourth-order valence-corrected chi connectivity index (χ4v) is 5.18. The number of fused-ring (bicyclic) bond motifs is 2. The highest BCUT2D eigenvalue weighted by Crippen LogP contribution is 2.40. The topological polar surface area (TPSA) is 71.5 Å². The van der Waals surface area contributed by atoms with Crippen molar-refractivity contribution in [2.75, 3.05) is 7.11 Å². The van der Waals surface area contributed by atoms with Crippen LogP contribution in [0.2, 0.25) is 0 Å². The molecule has 5 rings (SSSR count). The zero-order valence-electron chi connectivity index (χ0n) is 16.6. The number of urea groups is 1. The van der Waals surface area contributed by atoms with E-state index in [1.165, 1.54) is 16.2 Å². The van der Waals surface area contributed by atoms with Crippen molar-refractivity contribution in [1.29, 1.82) is 0 Å². The number of rotatable bonds is 4. The minimum atomic E-state index is -0.944. The van der Waals surface area contributed by atoms with Gasteiger partial charge in [0.25, 0.3) is 5.91 Å². The number of hydrogen-bond donors (Lipinski definition) is 1. The van der Waals surface area contributed by atoms with E-state index in [2.05, 4.69) is 10.3 Å². The third kappa shape index (κ3) is 2.97. The van der Waals surface area contributed by atoms with E-state index in [0.29, 0.717) is 12.1 Å². The SMILES string of the molecule is COc1ccc(-c2nc(CN3C(=O)N[C@@]4(CCCc5ccccc54)C3=O)cs2)cc1. The lowest BCUT2D eigenvalue weighted by Crippen LogP contribution is -2.46. The Bertz CT molecular complexity index is 1120. The molecule has 0 radical (unpaired) electrons. The van der Waals surface area contributed by atoms with Crippen molar-refractivity contribution in [3.8, 4) is 16.3 Å². The van der Waals surface area contributed by atoms with Crippen LogP contribution in [0, 0.1) is 0 Å². The van der Waals surface area contributed by atoms with Crippen molar-refractivity contribution in [1.82, 2.24) is 15.2 Å². The Morgan fingerprint density at radius 3 is 2.77 bits per heavy atom. The van der Waals surface area contributed by atoms with E-state index in [-0.39, 0.29) is 18.5 Å². The van der Waals surface area contributed by atoms with Crippen LogP contribution in [-0.4, -0.2) is 28.9 Å². The number of ether oxygens (including phenoxy) is 1. The number of nitrogens with zero attached hydrogens (tertiary/aromatic N) is 2. The lowest BCUT2D eigenvalue weighted by molar-refractivity contribution is -0.132. The standard InChI is InChI=1S/C23H21N3O3S/c1-29-18-10-8-16(9-11-18)20-24-17(14-30-20)13-26-21(27)23(25-22(26)28)12-4-6-15-5-2-3-7-19(15)23/h2-3,5,7-11,14H,4,6,12-13H2,1H3,(H,25,28)/t23-/m1/s1. The van der Waals surface area contributed by atoms with Gasteiger partial charge in [-0.15, -0.1) is 11.3 Å². The van der Waals surface area contributed by atoms with Crippen molar-refractivity contribution in [3.63, 3.8) is 0 Å². The van der Waals surface area contributed by atoms with Gasteiger partial charge in [0.05, 0.1) is 19.3 Å². The second kappa shape index (κ2) is 7.25. The number of carbonyl (C=O) groups excluding carboxylic acids is 2. The lowest BCUT2D eigenvalue weighted by Gasteiger charge is -2.33. The predicted molar refractivity (Wildman–Crippen MR) is 114 cm³/mol. The first-order valence-corrected chi connectivity index (χ1v) is 10.8. The first kappa shape index (κ1) is 18.8.